The van der Waals surface area contributed by atoms with E-state index in [1.54, 1.807) is 0 Å². The van der Waals surface area contributed by atoms with Crippen molar-refractivity contribution in [1.29, 1.82) is 0 Å². The molecule has 5 heteroatoms. The minimum Gasteiger partial charge on any atom is -0.326 e. The second-order valence-corrected chi connectivity index (χ2v) is 6.59. The molecule has 0 radical (unpaired) electrons. The van der Waals surface area contributed by atoms with E-state index in [1.807, 2.05) is 18.2 Å². The Balaban J connectivity index is 1.95. The van der Waals surface area contributed by atoms with Crippen LogP contribution in [0.3, 0.4) is 0 Å². The van der Waals surface area contributed by atoms with Crippen LogP contribution in [0.4, 0.5) is 5.69 Å². The van der Waals surface area contributed by atoms with Crippen LogP contribution in [-0.4, -0.2) is 11.4 Å². The number of rotatable bonds is 3. The molecule has 1 aromatic rings. The molecule has 0 aliphatic heterocycles. The van der Waals surface area contributed by atoms with Crippen LogP contribution in [0.2, 0.25) is 0 Å². The molecule has 17 heavy (non-hydrogen) atoms. The molecular weight excluding hydrogens is 395 g/mol. The number of anilines is 1. The van der Waals surface area contributed by atoms with Crippen molar-refractivity contribution in [3.63, 3.8) is 0 Å². The minimum absolute atomic E-state index is 0.00493. The fourth-order valence-corrected chi connectivity index (χ4v) is 2.67. The third kappa shape index (κ3) is 3.42. The van der Waals surface area contributed by atoms with Gasteiger partial charge in [0.25, 0.3) is 0 Å². The summed E-state index contributed by atoms with van der Waals surface area (Å²) in [7, 11) is 0. The first-order valence-corrected chi connectivity index (χ1v) is 7.39. The molecule has 1 aliphatic carbocycles. The van der Waals surface area contributed by atoms with Gasteiger partial charge in [0.2, 0.25) is 5.91 Å². The first-order valence-electron chi connectivity index (χ1n) is 5.52. The quantitative estimate of drug-likeness (QED) is 0.754. The SMILES string of the molecule is NC1(CC(=O)Nc2ccc(Br)c(I)c2)CCC1. The maximum absolute atomic E-state index is 11.8. The van der Waals surface area contributed by atoms with Crippen LogP contribution in [0, 0.1) is 3.57 Å². The van der Waals surface area contributed by atoms with Gasteiger partial charge < -0.3 is 11.1 Å². The zero-order valence-corrected chi connectivity index (χ0v) is 13.0. The fraction of sp³-hybridized carbons (Fsp3) is 0.417. The van der Waals surface area contributed by atoms with Crippen molar-refractivity contribution in [2.45, 2.75) is 31.2 Å². The summed E-state index contributed by atoms with van der Waals surface area (Å²) in [4.78, 5) is 11.8. The predicted molar refractivity (Wildman–Crippen MR) is 80.9 cm³/mol. The predicted octanol–water partition coefficient (Wildman–Crippen LogP) is 3.26. The molecule has 92 valence electrons. The largest absolute Gasteiger partial charge is 0.326 e. The Kier molecular flexibility index (Phi) is 4.10. The summed E-state index contributed by atoms with van der Waals surface area (Å²) in [5.74, 6) is 0.00493. The smallest absolute Gasteiger partial charge is 0.226 e. The Labute approximate surface area is 123 Å². The Morgan fingerprint density at radius 2 is 2.24 bits per heavy atom. The van der Waals surface area contributed by atoms with E-state index in [0.29, 0.717) is 6.42 Å². The van der Waals surface area contributed by atoms with Crippen molar-refractivity contribution >= 4 is 50.1 Å². The van der Waals surface area contributed by atoms with Gasteiger partial charge in [0.1, 0.15) is 0 Å². The average Bonchev–Trinajstić information content (AvgIpc) is 2.21. The topological polar surface area (TPSA) is 55.1 Å². The minimum atomic E-state index is -0.257. The van der Waals surface area contributed by atoms with Crippen LogP contribution in [0.15, 0.2) is 22.7 Å². The number of amides is 1. The van der Waals surface area contributed by atoms with Crippen LogP contribution in [0.1, 0.15) is 25.7 Å². The van der Waals surface area contributed by atoms with Gasteiger partial charge in [-0.1, -0.05) is 0 Å². The van der Waals surface area contributed by atoms with Crippen LogP contribution in [0.25, 0.3) is 0 Å². The van der Waals surface area contributed by atoms with Crippen LogP contribution < -0.4 is 11.1 Å². The van der Waals surface area contributed by atoms with E-state index in [9.17, 15) is 4.79 Å². The summed E-state index contributed by atoms with van der Waals surface area (Å²) in [5, 5.41) is 2.89. The highest BCUT2D eigenvalue weighted by atomic mass is 127. The number of nitrogens with two attached hydrogens (primary N) is 1. The first kappa shape index (κ1) is 13.3. The lowest BCUT2D eigenvalue weighted by Crippen LogP contribution is -2.48. The molecule has 1 fully saturated rings. The zero-order chi connectivity index (χ0) is 12.5. The van der Waals surface area contributed by atoms with Gasteiger partial charge in [-0.3, -0.25) is 4.79 Å². The second-order valence-electron chi connectivity index (χ2n) is 4.57. The van der Waals surface area contributed by atoms with E-state index in [1.165, 1.54) is 0 Å². The molecule has 1 aliphatic rings. The third-order valence-corrected chi connectivity index (χ3v) is 5.39. The third-order valence-electron chi connectivity index (χ3n) is 3.07. The summed E-state index contributed by atoms with van der Waals surface area (Å²) in [5.41, 5.74) is 6.61. The van der Waals surface area contributed by atoms with Gasteiger partial charge in [0.05, 0.1) is 0 Å². The average molecular weight is 409 g/mol. The number of carbonyl (C=O) groups is 1. The van der Waals surface area contributed by atoms with Crippen molar-refractivity contribution in [2.75, 3.05) is 5.32 Å². The van der Waals surface area contributed by atoms with Crippen molar-refractivity contribution < 1.29 is 4.79 Å². The van der Waals surface area contributed by atoms with Gasteiger partial charge >= 0.3 is 0 Å². The van der Waals surface area contributed by atoms with Crippen LogP contribution in [0.5, 0.6) is 0 Å². The Hall–Kier alpha value is -0.140. The molecule has 0 heterocycles. The number of nitrogens with one attached hydrogen (secondary N) is 1. The Morgan fingerprint density at radius 1 is 1.53 bits per heavy atom. The van der Waals surface area contributed by atoms with E-state index < -0.39 is 0 Å². The standard InChI is InChI=1S/C12H14BrIN2O/c13-9-3-2-8(6-10(9)14)16-11(17)7-12(15)4-1-5-12/h2-3,6H,1,4-5,7,15H2,(H,16,17). The lowest BCUT2D eigenvalue weighted by molar-refractivity contribution is -0.118. The number of hydrogen-bond donors (Lipinski definition) is 2. The highest BCUT2D eigenvalue weighted by Gasteiger charge is 2.34. The van der Waals surface area contributed by atoms with E-state index in [0.717, 1.165) is 33.0 Å². The van der Waals surface area contributed by atoms with Crippen molar-refractivity contribution in [3.8, 4) is 0 Å². The number of hydrogen-bond acceptors (Lipinski definition) is 2. The molecular formula is C12H14BrIN2O. The number of halogens is 2. The monoisotopic (exact) mass is 408 g/mol. The van der Waals surface area contributed by atoms with Gasteiger partial charge in [-0.05, 0) is 76.0 Å². The summed E-state index contributed by atoms with van der Waals surface area (Å²) < 4.78 is 2.11. The van der Waals surface area contributed by atoms with Crippen molar-refractivity contribution in [2.24, 2.45) is 5.73 Å². The van der Waals surface area contributed by atoms with Gasteiger partial charge in [0, 0.05) is 25.7 Å². The molecule has 0 spiro atoms. The molecule has 0 unspecified atom stereocenters. The van der Waals surface area contributed by atoms with E-state index in [-0.39, 0.29) is 11.4 Å². The molecule has 1 amide bonds. The van der Waals surface area contributed by atoms with Gasteiger partial charge in [-0.15, -0.1) is 0 Å². The molecule has 1 saturated carbocycles. The summed E-state index contributed by atoms with van der Waals surface area (Å²) in [6, 6.07) is 5.75. The maximum Gasteiger partial charge on any atom is 0.226 e. The van der Waals surface area contributed by atoms with Gasteiger partial charge in [0.15, 0.2) is 0 Å². The van der Waals surface area contributed by atoms with Gasteiger partial charge in [-0.25, -0.2) is 0 Å². The number of benzene rings is 1. The first-order chi connectivity index (χ1) is 7.98. The number of carbonyl (C=O) groups excluding carboxylic acids is 1. The van der Waals surface area contributed by atoms with E-state index in [2.05, 4.69) is 43.8 Å². The summed E-state index contributed by atoms with van der Waals surface area (Å²) >= 11 is 5.65. The van der Waals surface area contributed by atoms with Crippen LogP contribution >= 0.6 is 38.5 Å². The maximum atomic E-state index is 11.8. The van der Waals surface area contributed by atoms with Crippen molar-refractivity contribution in [3.05, 3.63) is 26.2 Å². The lowest BCUT2D eigenvalue weighted by atomic mass is 9.75. The van der Waals surface area contributed by atoms with Crippen LogP contribution in [-0.2, 0) is 4.79 Å². The van der Waals surface area contributed by atoms with E-state index in [4.69, 9.17) is 5.73 Å². The summed E-state index contributed by atoms with van der Waals surface area (Å²) in [6.45, 7) is 0. The van der Waals surface area contributed by atoms with E-state index >= 15 is 0 Å². The fourth-order valence-electron chi connectivity index (χ4n) is 1.91. The second kappa shape index (κ2) is 5.24. The molecule has 2 rings (SSSR count). The molecule has 0 aromatic heterocycles. The highest BCUT2D eigenvalue weighted by Crippen LogP contribution is 2.32. The Morgan fingerprint density at radius 3 is 2.76 bits per heavy atom. The highest BCUT2D eigenvalue weighted by molar-refractivity contribution is 14.1. The molecule has 0 atom stereocenters. The van der Waals surface area contributed by atoms with Crippen molar-refractivity contribution in [1.82, 2.24) is 0 Å². The summed E-state index contributed by atoms with van der Waals surface area (Å²) in [6.07, 6.45) is 3.47. The molecule has 3 N–H and O–H groups in total. The molecule has 0 bridgehead atoms. The molecule has 3 nitrogen and oxygen atoms in total. The normalized spacial score (nSPS) is 17.4. The Bertz CT molecular complexity index is 446. The zero-order valence-electron chi connectivity index (χ0n) is 9.30. The molecule has 0 saturated heterocycles. The van der Waals surface area contributed by atoms with Gasteiger partial charge in [-0.2, -0.15) is 0 Å². The lowest BCUT2D eigenvalue weighted by Gasteiger charge is -2.37. The molecule has 1 aromatic carbocycles.